The van der Waals surface area contributed by atoms with Crippen LogP contribution < -0.4 is 0 Å². The van der Waals surface area contributed by atoms with Crippen LogP contribution in [-0.2, 0) is 22.3 Å². The molecule has 0 aliphatic carbocycles. The van der Waals surface area contributed by atoms with Crippen LogP contribution in [0.5, 0.6) is 0 Å². The van der Waals surface area contributed by atoms with Crippen LogP contribution >= 0.6 is 23.8 Å². The molecule has 0 aliphatic heterocycles. The van der Waals surface area contributed by atoms with E-state index >= 15 is 0 Å². The van der Waals surface area contributed by atoms with Crippen LogP contribution in [0.1, 0.15) is 0 Å². The Balaban J connectivity index is 4.52. The molecule has 9 nitrogen and oxygen atoms in total. The summed E-state index contributed by atoms with van der Waals surface area (Å²) in [6.45, 7) is 2.59. The standard InChI is InChI=1S/CH6NO8P3/c1-2-12(5,6)10-13(7,8)9-11(3)4/h11H,1H2,(H,3,4)(H,5,6)(H,7,8). The second kappa shape index (κ2) is 4.59. The van der Waals surface area contributed by atoms with Crippen molar-refractivity contribution < 1.29 is 37.0 Å². The summed E-state index contributed by atoms with van der Waals surface area (Å²) in [5.41, 5.74) is 0. The minimum Gasteiger partial charge on any atom is -0.326 e. The molecule has 0 rings (SSSR count). The first-order chi connectivity index (χ1) is 5.68. The molecule has 3 N–H and O–H groups in total. The van der Waals surface area contributed by atoms with E-state index in [0.717, 1.165) is 0 Å². The van der Waals surface area contributed by atoms with Gasteiger partial charge in [-0.05, 0) is 6.72 Å². The van der Waals surface area contributed by atoms with E-state index in [4.69, 9.17) is 14.7 Å². The Morgan fingerprint density at radius 2 is 1.85 bits per heavy atom. The zero-order chi connectivity index (χ0) is 10.7. The fourth-order valence-electron chi connectivity index (χ4n) is 0.276. The quantitative estimate of drug-likeness (QED) is 0.468. The van der Waals surface area contributed by atoms with E-state index in [2.05, 4.69) is 20.1 Å². The van der Waals surface area contributed by atoms with Gasteiger partial charge >= 0.3 is 23.8 Å². The summed E-state index contributed by atoms with van der Waals surface area (Å²) in [6, 6.07) is 0. The molecule has 12 heteroatoms. The molecule has 0 fully saturated rings. The summed E-state index contributed by atoms with van der Waals surface area (Å²) in [5.74, 6) is 0. The maximum atomic E-state index is 10.6. The molecule has 3 atom stereocenters. The van der Waals surface area contributed by atoms with Gasteiger partial charge in [-0.1, -0.05) is 0 Å². The lowest BCUT2D eigenvalue weighted by atomic mass is 11.8. The molecule has 0 aromatic carbocycles. The Morgan fingerprint density at radius 3 is 2.15 bits per heavy atom. The van der Waals surface area contributed by atoms with Gasteiger partial charge in [-0.3, -0.25) is 4.57 Å². The summed E-state index contributed by atoms with van der Waals surface area (Å²) in [4.78, 5) is 25.1. The van der Waals surface area contributed by atoms with Crippen molar-refractivity contribution in [3.8, 4) is 0 Å². The second-order valence-electron chi connectivity index (χ2n) is 1.54. The van der Waals surface area contributed by atoms with Gasteiger partial charge in [0.2, 0.25) is 0 Å². The van der Waals surface area contributed by atoms with Crippen molar-refractivity contribution in [3.05, 3.63) is 0 Å². The minimum absolute atomic E-state index is 2.47. The van der Waals surface area contributed by atoms with Crippen molar-refractivity contribution in [1.29, 1.82) is 0 Å². The highest BCUT2D eigenvalue weighted by atomic mass is 31.3. The molecule has 0 aromatic heterocycles. The highest BCUT2D eigenvalue weighted by molar-refractivity contribution is 7.65. The molecular weight excluding hydrogens is 247 g/mol. The van der Waals surface area contributed by atoms with Gasteiger partial charge in [-0.2, -0.15) is 9.07 Å². The molecule has 0 saturated carbocycles. The first-order valence-electron chi connectivity index (χ1n) is 2.46. The number of nitrogens with zero attached hydrogens (tertiary/aromatic N) is 1. The van der Waals surface area contributed by atoms with Crippen LogP contribution in [-0.4, -0.2) is 21.4 Å². The molecule has 0 bridgehead atoms. The summed E-state index contributed by atoms with van der Waals surface area (Å²) in [5, 5.41) is 0. The van der Waals surface area contributed by atoms with Gasteiger partial charge in [-0.15, -0.1) is 0 Å². The fourth-order valence-corrected chi connectivity index (χ4v) is 2.78. The molecule has 0 saturated heterocycles. The second-order valence-corrected chi connectivity index (χ2v) is 5.66. The molecule has 0 amide bonds. The SMILES string of the molecule is C=NP(=O)(O)OP(=O)(O)O[PH](=O)O. The van der Waals surface area contributed by atoms with Crippen molar-refractivity contribution in [2.75, 3.05) is 0 Å². The number of hydrogen-bond acceptors (Lipinski definition) is 5. The lowest BCUT2D eigenvalue weighted by molar-refractivity contribution is 0.263. The van der Waals surface area contributed by atoms with Gasteiger partial charge < -0.3 is 14.7 Å². The zero-order valence-electron chi connectivity index (χ0n) is 5.93. The van der Waals surface area contributed by atoms with Crippen molar-refractivity contribution in [3.63, 3.8) is 0 Å². The maximum Gasteiger partial charge on any atom is 0.487 e. The Labute approximate surface area is 73.2 Å². The predicted octanol–water partition coefficient (Wildman–Crippen LogP) is 0.303. The molecule has 0 aliphatic rings. The lowest BCUT2D eigenvalue weighted by Gasteiger charge is -2.10. The minimum atomic E-state index is -5.05. The number of rotatable bonds is 5. The third kappa shape index (κ3) is 6.26. The Kier molecular flexibility index (Phi) is 4.65. The topological polar surface area (TPSA) is 143 Å². The monoisotopic (exact) mass is 253 g/mol. The van der Waals surface area contributed by atoms with Crippen molar-refractivity contribution in [2.45, 2.75) is 0 Å². The Morgan fingerprint density at radius 1 is 1.38 bits per heavy atom. The van der Waals surface area contributed by atoms with E-state index in [1.807, 2.05) is 0 Å². The average molecular weight is 253 g/mol. The summed E-state index contributed by atoms with van der Waals surface area (Å²) in [6.07, 6.45) is 0. The van der Waals surface area contributed by atoms with Gasteiger partial charge in [-0.25, -0.2) is 13.4 Å². The van der Waals surface area contributed by atoms with E-state index in [1.54, 1.807) is 0 Å². The fraction of sp³-hybridized carbons (Fsp3) is 0. The van der Waals surface area contributed by atoms with E-state index in [9.17, 15) is 13.7 Å². The molecule has 0 radical (unpaired) electrons. The van der Waals surface area contributed by atoms with Crippen LogP contribution in [0.25, 0.3) is 0 Å². The Bertz CT molecular complexity index is 309. The smallest absolute Gasteiger partial charge is 0.326 e. The van der Waals surface area contributed by atoms with Crippen molar-refractivity contribution >= 4 is 30.5 Å². The van der Waals surface area contributed by atoms with E-state index in [0.29, 0.717) is 0 Å². The molecule has 13 heavy (non-hydrogen) atoms. The third-order valence-corrected chi connectivity index (χ3v) is 4.16. The van der Waals surface area contributed by atoms with Crippen LogP contribution in [0.15, 0.2) is 4.76 Å². The highest BCUT2D eigenvalue weighted by Crippen LogP contribution is 2.63. The summed E-state index contributed by atoms with van der Waals surface area (Å²) in [7, 11) is -13.5. The van der Waals surface area contributed by atoms with E-state index in [-0.39, 0.29) is 0 Å². The predicted molar refractivity (Wildman–Crippen MR) is 42.6 cm³/mol. The zero-order valence-corrected chi connectivity index (χ0v) is 8.72. The van der Waals surface area contributed by atoms with Crippen LogP contribution in [0.2, 0.25) is 0 Å². The number of phosphoric acid groups is 1. The molecule has 78 valence electrons. The lowest BCUT2D eigenvalue weighted by Crippen LogP contribution is -1.87. The van der Waals surface area contributed by atoms with Crippen molar-refractivity contribution in [1.82, 2.24) is 0 Å². The maximum absolute atomic E-state index is 10.6. The average Bonchev–Trinajstić information content (AvgIpc) is 1.81. The Hall–Kier alpha value is 0.160. The normalized spacial score (nSPS) is 22.7. The molecular formula is CH6NO8P3. The highest BCUT2D eigenvalue weighted by Gasteiger charge is 2.34. The van der Waals surface area contributed by atoms with Gasteiger partial charge in [0.05, 0.1) is 0 Å². The molecule has 0 aromatic rings. The summed E-state index contributed by atoms with van der Waals surface area (Å²) >= 11 is 0. The van der Waals surface area contributed by atoms with Crippen molar-refractivity contribution in [2.24, 2.45) is 4.76 Å². The molecule has 0 heterocycles. The van der Waals surface area contributed by atoms with Gasteiger partial charge in [0.15, 0.2) is 0 Å². The van der Waals surface area contributed by atoms with Crippen LogP contribution in [0, 0.1) is 0 Å². The van der Waals surface area contributed by atoms with E-state index in [1.165, 1.54) is 0 Å². The van der Waals surface area contributed by atoms with Gasteiger partial charge in [0.1, 0.15) is 0 Å². The molecule has 0 spiro atoms. The van der Waals surface area contributed by atoms with E-state index < -0.39 is 23.8 Å². The number of hydrogen-bond donors (Lipinski definition) is 3. The first-order valence-corrected chi connectivity index (χ1v) is 6.75. The first kappa shape index (κ1) is 13.2. The molecule has 3 unspecified atom stereocenters. The largest absolute Gasteiger partial charge is 0.487 e. The van der Waals surface area contributed by atoms with Crippen LogP contribution in [0.3, 0.4) is 0 Å². The third-order valence-electron chi connectivity index (χ3n) is 0.582. The van der Waals surface area contributed by atoms with Gasteiger partial charge in [0.25, 0.3) is 0 Å². The van der Waals surface area contributed by atoms with Crippen LogP contribution in [0.4, 0.5) is 0 Å². The summed E-state index contributed by atoms with van der Waals surface area (Å²) < 4.78 is 40.4. The van der Waals surface area contributed by atoms with Gasteiger partial charge in [0, 0.05) is 0 Å².